The van der Waals surface area contributed by atoms with Crippen molar-refractivity contribution in [2.75, 3.05) is 18.4 Å². The summed E-state index contributed by atoms with van der Waals surface area (Å²) < 4.78 is 18.5. The Labute approximate surface area is 133 Å². The van der Waals surface area contributed by atoms with Crippen molar-refractivity contribution in [3.05, 3.63) is 23.6 Å². The number of nitrogens with zero attached hydrogens (tertiary/aromatic N) is 2. The predicted octanol–water partition coefficient (Wildman–Crippen LogP) is 2.34. The van der Waals surface area contributed by atoms with Crippen LogP contribution >= 0.6 is 0 Å². The lowest BCUT2D eigenvalue weighted by Crippen LogP contribution is -2.36. The van der Waals surface area contributed by atoms with Gasteiger partial charge in [0.25, 0.3) is 0 Å². The second kappa shape index (κ2) is 6.39. The minimum absolute atomic E-state index is 0.0338. The number of carboxylic acid groups (broad SMARTS) is 1. The molecule has 1 aliphatic rings. The summed E-state index contributed by atoms with van der Waals surface area (Å²) in [5.74, 6) is -1.99. The molecule has 0 radical (unpaired) electrons. The van der Waals surface area contributed by atoms with E-state index < -0.39 is 23.6 Å². The topological polar surface area (TPSA) is 91.8 Å². The number of likely N-dealkylation sites (tertiary alicyclic amines) is 1. The largest absolute Gasteiger partial charge is 0.478 e. The second-order valence-corrected chi connectivity index (χ2v) is 6.39. The first-order valence-electron chi connectivity index (χ1n) is 7.30. The smallest absolute Gasteiger partial charge is 0.410 e. The van der Waals surface area contributed by atoms with Crippen LogP contribution in [0.4, 0.5) is 15.0 Å². The van der Waals surface area contributed by atoms with Gasteiger partial charge in [0, 0.05) is 19.1 Å². The van der Waals surface area contributed by atoms with Gasteiger partial charge in [0.05, 0.1) is 0 Å². The molecule has 1 aromatic heterocycles. The Bertz CT molecular complexity index is 615. The fourth-order valence-electron chi connectivity index (χ4n) is 2.28. The van der Waals surface area contributed by atoms with Crippen molar-refractivity contribution in [2.24, 2.45) is 0 Å². The monoisotopic (exact) mass is 325 g/mol. The number of hydrogen-bond donors (Lipinski definition) is 2. The summed E-state index contributed by atoms with van der Waals surface area (Å²) in [6, 6.07) is 1.94. The van der Waals surface area contributed by atoms with Crippen molar-refractivity contribution < 1.29 is 23.8 Å². The maximum Gasteiger partial charge on any atom is 0.410 e. The Morgan fingerprint density at radius 3 is 2.74 bits per heavy atom. The number of carboxylic acids is 1. The van der Waals surface area contributed by atoms with Gasteiger partial charge in [-0.15, -0.1) is 0 Å². The molecule has 23 heavy (non-hydrogen) atoms. The highest BCUT2D eigenvalue weighted by molar-refractivity contribution is 5.93. The van der Waals surface area contributed by atoms with Gasteiger partial charge >= 0.3 is 12.1 Å². The van der Waals surface area contributed by atoms with Crippen LogP contribution < -0.4 is 5.32 Å². The van der Waals surface area contributed by atoms with Crippen LogP contribution in [0.25, 0.3) is 0 Å². The van der Waals surface area contributed by atoms with E-state index in [1.54, 1.807) is 20.8 Å². The molecule has 0 spiro atoms. The number of anilines is 1. The van der Waals surface area contributed by atoms with Crippen LogP contribution in [0.1, 0.15) is 37.6 Å². The molecule has 1 amide bonds. The minimum Gasteiger partial charge on any atom is -0.478 e. The molecular weight excluding hydrogens is 305 g/mol. The summed E-state index contributed by atoms with van der Waals surface area (Å²) in [6.07, 6.45) is 0.170. The van der Waals surface area contributed by atoms with Crippen molar-refractivity contribution in [1.82, 2.24) is 9.88 Å². The van der Waals surface area contributed by atoms with Gasteiger partial charge < -0.3 is 20.1 Å². The maximum absolute atomic E-state index is 13.2. The number of ether oxygens (including phenoxy) is 1. The number of amides is 1. The summed E-state index contributed by atoms with van der Waals surface area (Å²) in [6.45, 7) is 6.17. The van der Waals surface area contributed by atoms with Crippen molar-refractivity contribution in [1.29, 1.82) is 0 Å². The molecule has 1 aromatic rings. The molecule has 0 bridgehead atoms. The lowest BCUT2D eigenvalue weighted by atomic mass is 10.2. The number of halogens is 1. The van der Waals surface area contributed by atoms with E-state index in [0.717, 1.165) is 12.1 Å². The van der Waals surface area contributed by atoms with E-state index in [4.69, 9.17) is 9.84 Å². The molecule has 126 valence electrons. The van der Waals surface area contributed by atoms with E-state index >= 15 is 0 Å². The lowest BCUT2D eigenvalue weighted by Gasteiger charge is -2.24. The maximum atomic E-state index is 13.2. The first kappa shape index (κ1) is 17.0. The third kappa shape index (κ3) is 4.54. The molecule has 1 saturated heterocycles. The summed E-state index contributed by atoms with van der Waals surface area (Å²) in [7, 11) is 0. The molecule has 1 atom stereocenters. The summed E-state index contributed by atoms with van der Waals surface area (Å²) in [5, 5.41) is 12.0. The zero-order chi connectivity index (χ0) is 17.2. The average Bonchev–Trinajstić information content (AvgIpc) is 2.85. The third-order valence-electron chi connectivity index (χ3n) is 3.27. The van der Waals surface area contributed by atoms with Gasteiger partial charge in [0.15, 0.2) is 0 Å². The van der Waals surface area contributed by atoms with Crippen molar-refractivity contribution in [3.8, 4) is 0 Å². The third-order valence-corrected chi connectivity index (χ3v) is 3.27. The van der Waals surface area contributed by atoms with Crippen LogP contribution in [0.2, 0.25) is 0 Å². The Morgan fingerprint density at radius 2 is 2.13 bits per heavy atom. The van der Waals surface area contributed by atoms with Gasteiger partial charge in [-0.25, -0.2) is 14.6 Å². The Balaban J connectivity index is 2.02. The molecule has 7 nitrogen and oxygen atoms in total. The van der Waals surface area contributed by atoms with E-state index in [0.29, 0.717) is 19.5 Å². The van der Waals surface area contributed by atoms with Crippen molar-refractivity contribution in [2.45, 2.75) is 38.8 Å². The average molecular weight is 325 g/mol. The number of hydrogen-bond acceptors (Lipinski definition) is 5. The van der Waals surface area contributed by atoms with Crippen molar-refractivity contribution >= 4 is 17.9 Å². The number of aromatic carboxylic acids is 1. The molecular formula is C15H20FN3O4. The van der Waals surface area contributed by atoms with Gasteiger partial charge in [-0.1, -0.05) is 0 Å². The van der Waals surface area contributed by atoms with Gasteiger partial charge in [0.2, 0.25) is 5.95 Å². The van der Waals surface area contributed by atoms with Crippen LogP contribution in [0.15, 0.2) is 12.1 Å². The van der Waals surface area contributed by atoms with E-state index in [-0.39, 0.29) is 17.4 Å². The molecule has 2 heterocycles. The molecule has 0 aliphatic carbocycles. The van der Waals surface area contributed by atoms with Gasteiger partial charge in [-0.3, -0.25) is 0 Å². The first-order chi connectivity index (χ1) is 10.7. The standard InChI is InChI=1S/C15H20FN3O4/c1-15(2,3)23-14(22)19-7-6-9(8-19)17-12-10(13(20)21)4-5-11(16)18-12/h4-5,9H,6-8H2,1-3H3,(H,17,18)(H,20,21). The number of aromatic nitrogens is 1. The Kier molecular flexibility index (Phi) is 4.72. The normalized spacial score (nSPS) is 17.9. The molecule has 0 saturated carbocycles. The van der Waals surface area contributed by atoms with E-state index in [1.807, 2.05) is 0 Å². The number of pyridine rings is 1. The van der Waals surface area contributed by atoms with Crippen LogP contribution in [0.5, 0.6) is 0 Å². The fourth-order valence-corrected chi connectivity index (χ4v) is 2.28. The van der Waals surface area contributed by atoms with Gasteiger partial charge in [-0.05, 0) is 39.3 Å². The first-order valence-corrected chi connectivity index (χ1v) is 7.30. The Morgan fingerprint density at radius 1 is 1.43 bits per heavy atom. The fraction of sp³-hybridized carbons (Fsp3) is 0.533. The molecule has 2 rings (SSSR count). The van der Waals surface area contributed by atoms with Crippen LogP contribution in [0, 0.1) is 5.95 Å². The van der Waals surface area contributed by atoms with E-state index in [9.17, 15) is 14.0 Å². The second-order valence-electron chi connectivity index (χ2n) is 6.39. The summed E-state index contributed by atoms with van der Waals surface area (Å²) >= 11 is 0. The number of rotatable bonds is 3. The summed E-state index contributed by atoms with van der Waals surface area (Å²) in [4.78, 5) is 28.3. The number of carbonyl (C=O) groups excluding carboxylic acids is 1. The lowest BCUT2D eigenvalue weighted by molar-refractivity contribution is 0.0293. The molecule has 8 heteroatoms. The highest BCUT2D eigenvalue weighted by Crippen LogP contribution is 2.20. The molecule has 1 unspecified atom stereocenters. The Hall–Kier alpha value is -2.38. The zero-order valence-electron chi connectivity index (χ0n) is 13.3. The highest BCUT2D eigenvalue weighted by Gasteiger charge is 2.30. The molecule has 1 aliphatic heterocycles. The summed E-state index contributed by atoms with van der Waals surface area (Å²) in [5.41, 5.74) is -0.689. The predicted molar refractivity (Wildman–Crippen MR) is 81.0 cm³/mol. The number of nitrogens with one attached hydrogen (secondary N) is 1. The quantitative estimate of drug-likeness (QED) is 0.829. The number of carbonyl (C=O) groups is 2. The highest BCUT2D eigenvalue weighted by atomic mass is 19.1. The SMILES string of the molecule is CC(C)(C)OC(=O)N1CCC(Nc2nc(F)ccc2C(=O)O)C1. The van der Waals surface area contributed by atoms with E-state index in [1.165, 1.54) is 4.90 Å². The van der Waals surface area contributed by atoms with Crippen LogP contribution in [0.3, 0.4) is 0 Å². The van der Waals surface area contributed by atoms with E-state index in [2.05, 4.69) is 10.3 Å². The molecule has 1 fully saturated rings. The van der Waals surface area contributed by atoms with Crippen LogP contribution in [-0.2, 0) is 4.74 Å². The zero-order valence-corrected chi connectivity index (χ0v) is 13.3. The molecule has 0 aromatic carbocycles. The minimum atomic E-state index is -1.19. The van der Waals surface area contributed by atoms with Crippen molar-refractivity contribution in [3.63, 3.8) is 0 Å². The molecule has 2 N–H and O–H groups in total. The van der Waals surface area contributed by atoms with Crippen LogP contribution in [-0.4, -0.2) is 51.8 Å². The van der Waals surface area contributed by atoms with Gasteiger partial charge in [-0.2, -0.15) is 4.39 Å². The van der Waals surface area contributed by atoms with Gasteiger partial charge in [0.1, 0.15) is 17.0 Å².